The number of hydrogen-bond acceptors (Lipinski definition) is 4. The third-order valence-electron chi connectivity index (χ3n) is 1.86. The third-order valence-corrected chi connectivity index (χ3v) is 2.17. The van der Waals surface area contributed by atoms with Crippen LogP contribution in [0.25, 0.3) is 0 Å². The SMILES string of the molecule is CNc1nc(Cl)c2c(n1)CNC2. The third kappa shape index (κ3) is 1.13. The van der Waals surface area contributed by atoms with E-state index in [0.29, 0.717) is 11.1 Å². The molecule has 1 aromatic heterocycles. The van der Waals surface area contributed by atoms with Crippen molar-refractivity contribution in [3.8, 4) is 0 Å². The molecule has 2 N–H and O–H groups in total. The summed E-state index contributed by atoms with van der Waals surface area (Å²) in [6, 6.07) is 0. The van der Waals surface area contributed by atoms with Crippen LogP contribution in [0.4, 0.5) is 5.95 Å². The molecule has 2 rings (SSSR count). The van der Waals surface area contributed by atoms with Crippen LogP contribution in [-0.2, 0) is 13.1 Å². The van der Waals surface area contributed by atoms with E-state index in [1.807, 2.05) is 0 Å². The van der Waals surface area contributed by atoms with Crippen molar-refractivity contribution < 1.29 is 0 Å². The Bertz CT molecular complexity index is 313. The Morgan fingerprint density at radius 2 is 2.25 bits per heavy atom. The molecule has 5 heteroatoms. The normalized spacial score (nSPS) is 14.5. The number of nitrogens with one attached hydrogen (secondary N) is 2. The molecule has 0 amide bonds. The van der Waals surface area contributed by atoms with Gasteiger partial charge in [0.1, 0.15) is 5.15 Å². The van der Waals surface area contributed by atoms with Crippen LogP contribution in [0, 0.1) is 0 Å². The maximum atomic E-state index is 5.92. The van der Waals surface area contributed by atoms with Crippen molar-refractivity contribution in [1.29, 1.82) is 0 Å². The lowest BCUT2D eigenvalue weighted by Crippen LogP contribution is -2.01. The molecule has 0 radical (unpaired) electrons. The molecule has 0 atom stereocenters. The van der Waals surface area contributed by atoms with E-state index in [-0.39, 0.29) is 0 Å². The van der Waals surface area contributed by atoms with Gasteiger partial charge in [-0.15, -0.1) is 0 Å². The summed E-state index contributed by atoms with van der Waals surface area (Å²) in [7, 11) is 1.78. The zero-order valence-electron chi connectivity index (χ0n) is 6.69. The molecule has 0 aromatic carbocycles. The van der Waals surface area contributed by atoms with E-state index in [2.05, 4.69) is 20.6 Å². The number of halogens is 1. The van der Waals surface area contributed by atoms with Crippen LogP contribution >= 0.6 is 11.6 Å². The quantitative estimate of drug-likeness (QED) is 0.634. The second-order valence-corrected chi connectivity index (χ2v) is 2.97. The molecule has 0 bridgehead atoms. The lowest BCUT2D eigenvalue weighted by molar-refractivity contribution is 0.758. The second-order valence-electron chi connectivity index (χ2n) is 2.62. The van der Waals surface area contributed by atoms with Gasteiger partial charge in [-0.2, -0.15) is 0 Å². The fourth-order valence-electron chi connectivity index (χ4n) is 1.24. The summed E-state index contributed by atoms with van der Waals surface area (Å²) >= 11 is 5.92. The molecule has 2 heterocycles. The van der Waals surface area contributed by atoms with Gasteiger partial charge in [-0.3, -0.25) is 0 Å². The summed E-state index contributed by atoms with van der Waals surface area (Å²) in [5.74, 6) is 0.586. The molecule has 64 valence electrons. The monoisotopic (exact) mass is 184 g/mol. The van der Waals surface area contributed by atoms with Gasteiger partial charge in [-0.05, 0) is 0 Å². The Hall–Kier alpha value is -0.870. The Labute approximate surface area is 75.4 Å². The Morgan fingerprint density at radius 1 is 1.42 bits per heavy atom. The molecule has 0 unspecified atom stereocenters. The zero-order chi connectivity index (χ0) is 8.55. The van der Waals surface area contributed by atoms with Crippen LogP contribution < -0.4 is 10.6 Å². The van der Waals surface area contributed by atoms with Gasteiger partial charge in [0.2, 0.25) is 5.95 Å². The molecule has 0 aliphatic carbocycles. The highest BCUT2D eigenvalue weighted by Gasteiger charge is 2.16. The van der Waals surface area contributed by atoms with Crippen LogP contribution in [0.5, 0.6) is 0 Å². The van der Waals surface area contributed by atoms with Crippen molar-refractivity contribution in [3.05, 3.63) is 16.4 Å². The van der Waals surface area contributed by atoms with Gasteiger partial charge in [-0.25, -0.2) is 9.97 Å². The van der Waals surface area contributed by atoms with Crippen molar-refractivity contribution in [3.63, 3.8) is 0 Å². The predicted octanol–water partition coefficient (Wildman–Crippen LogP) is 0.775. The fourth-order valence-corrected chi connectivity index (χ4v) is 1.49. The van der Waals surface area contributed by atoms with Gasteiger partial charge in [0.25, 0.3) is 0 Å². The molecule has 1 aliphatic rings. The minimum Gasteiger partial charge on any atom is -0.357 e. The summed E-state index contributed by atoms with van der Waals surface area (Å²) in [4.78, 5) is 8.33. The highest BCUT2D eigenvalue weighted by Crippen LogP contribution is 2.21. The number of rotatable bonds is 1. The average Bonchev–Trinajstić information content (AvgIpc) is 2.52. The molecule has 1 aromatic rings. The first-order valence-corrected chi connectivity index (χ1v) is 4.13. The predicted molar refractivity (Wildman–Crippen MR) is 47.1 cm³/mol. The molecule has 12 heavy (non-hydrogen) atoms. The first-order valence-electron chi connectivity index (χ1n) is 3.75. The van der Waals surface area contributed by atoms with Crippen molar-refractivity contribution in [2.75, 3.05) is 12.4 Å². The standard InChI is InChI=1S/C7H9ClN4/c1-9-7-11-5-3-10-2-4(5)6(8)12-7/h10H,2-3H2,1H3,(H,9,11,12). The summed E-state index contributed by atoms with van der Waals surface area (Å²) < 4.78 is 0. The maximum absolute atomic E-state index is 5.92. The molecular formula is C7H9ClN4. The minimum absolute atomic E-state index is 0.550. The van der Waals surface area contributed by atoms with Crippen LogP contribution in [0.3, 0.4) is 0 Å². The van der Waals surface area contributed by atoms with E-state index in [1.165, 1.54) is 0 Å². The lowest BCUT2D eigenvalue weighted by atomic mass is 10.3. The van der Waals surface area contributed by atoms with Gasteiger partial charge >= 0.3 is 0 Å². The molecule has 0 saturated heterocycles. The van der Waals surface area contributed by atoms with Crippen LogP contribution in [0.1, 0.15) is 11.3 Å². The fraction of sp³-hybridized carbons (Fsp3) is 0.429. The van der Waals surface area contributed by atoms with Crippen molar-refractivity contribution in [2.45, 2.75) is 13.1 Å². The highest BCUT2D eigenvalue weighted by atomic mass is 35.5. The van der Waals surface area contributed by atoms with E-state index in [9.17, 15) is 0 Å². The average molecular weight is 185 g/mol. The van der Waals surface area contributed by atoms with E-state index < -0.39 is 0 Å². The first kappa shape index (κ1) is 7.76. The number of anilines is 1. The Kier molecular flexibility index (Phi) is 1.86. The summed E-state index contributed by atoms with van der Waals surface area (Å²) in [6.45, 7) is 1.56. The van der Waals surface area contributed by atoms with Gasteiger partial charge in [0.05, 0.1) is 5.69 Å². The largest absolute Gasteiger partial charge is 0.357 e. The number of nitrogens with zero attached hydrogens (tertiary/aromatic N) is 2. The van der Waals surface area contributed by atoms with Crippen LogP contribution in [0.15, 0.2) is 0 Å². The summed E-state index contributed by atoms with van der Waals surface area (Å²) in [5.41, 5.74) is 2.02. The second kappa shape index (κ2) is 2.88. The molecular weight excluding hydrogens is 176 g/mol. The van der Waals surface area contributed by atoms with Gasteiger partial charge < -0.3 is 10.6 Å². The van der Waals surface area contributed by atoms with Gasteiger partial charge in [0, 0.05) is 25.7 Å². The smallest absolute Gasteiger partial charge is 0.224 e. The topological polar surface area (TPSA) is 49.8 Å². The van der Waals surface area contributed by atoms with Gasteiger partial charge in [-0.1, -0.05) is 11.6 Å². The molecule has 4 nitrogen and oxygen atoms in total. The van der Waals surface area contributed by atoms with E-state index in [1.54, 1.807) is 7.05 Å². The van der Waals surface area contributed by atoms with E-state index in [0.717, 1.165) is 24.3 Å². The van der Waals surface area contributed by atoms with Crippen molar-refractivity contribution in [1.82, 2.24) is 15.3 Å². The zero-order valence-corrected chi connectivity index (χ0v) is 7.44. The highest BCUT2D eigenvalue weighted by molar-refractivity contribution is 6.30. The number of fused-ring (bicyclic) bond motifs is 1. The van der Waals surface area contributed by atoms with Gasteiger partial charge in [0.15, 0.2) is 0 Å². The van der Waals surface area contributed by atoms with E-state index >= 15 is 0 Å². The van der Waals surface area contributed by atoms with Crippen molar-refractivity contribution in [2.24, 2.45) is 0 Å². The Morgan fingerprint density at radius 3 is 3.00 bits per heavy atom. The molecule has 1 aliphatic heterocycles. The first-order chi connectivity index (χ1) is 5.81. The molecule has 0 fully saturated rings. The maximum Gasteiger partial charge on any atom is 0.224 e. The Balaban J connectivity index is 2.51. The summed E-state index contributed by atoms with van der Waals surface area (Å²) in [6.07, 6.45) is 0. The van der Waals surface area contributed by atoms with Crippen LogP contribution in [-0.4, -0.2) is 17.0 Å². The lowest BCUT2D eigenvalue weighted by Gasteiger charge is -2.02. The van der Waals surface area contributed by atoms with Crippen LogP contribution in [0.2, 0.25) is 5.15 Å². The number of hydrogen-bond donors (Lipinski definition) is 2. The molecule has 0 spiro atoms. The number of aromatic nitrogens is 2. The summed E-state index contributed by atoms with van der Waals surface area (Å²) in [5, 5.41) is 6.58. The van der Waals surface area contributed by atoms with Crippen molar-refractivity contribution >= 4 is 17.5 Å². The minimum atomic E-state index is 0.550. The molecule has 0 saturated carbocycles. The van der Waals surface area contributed by atoms with E-state index in [4.69, 9.17) is 11.6 Å².